The number of aromatic nitrogens is 1. The van der Waals surface area contributed by atoms with Gasteiger partial charge < -0.3 is 5.11 Å². The van der Waals surface area contributed by atoms with Crippen LogP contribution in [0.1, 0.15) is 19.4 Å². The molecule has 0 aliphatic carbocycles. The molecule has 0 bridgehead atoms. The van der Waals surface area contributed by atoms with Crippen molar-refractivity contribution in [2.75, 3.05) is 0 Å². The highest BCUT2D eigenvalue weighted by Gasteiger charge is 2.15. The van der Waals surface area contributed by atoms with Gasteiger partial charge in [0.25, 0.3) is 0 Å². The average molecular weight is 152 g/mol. The highest BCUT2D eigenvalue weighted by Crippen LogP contribution is 2.16. The first-order valence-electron chi connectivity index (χ1n) is 3.68. The number of aliphatic hydroxyl groups is 1. The Labute approximate surface area is 67.1 Å². The van der Waals surface area contributed by atoms with E-state index in [0.717, 1.165) is 5.56 Å². The lowest BCUT2D eigenvalue weighted by Gasteiger charge is -2.15. The topological polar surface area (TPSA) is 24.1 Å². The monoisotopic (exact) mass is 152 g/mol. The summed E-state index contributed by atoms with van der Waals surface area (Å²) in [6.45, 7) is 3.56. The van der Waals surface area contributed by atoms with Crippen LogP contribution < -0.4 is 4.57 Å². The minimum atomic E-state index is -0.728. The van der Waals surface area contributed by atoms with Gasteiger partial charge in [-0.3, -0.25) is 0 Å². The zero-order chi connectivity index (χ0) is 8.48. The first kappa shape index (κ1) is 8.21. The van der Waals surface area contributed by atoms with E-state index in [2.05, 4.69) is 0 Å². The van der Waals surface area contributed by atoms with Crippen LogP contribution >= 0.6 is 0 Å². The van der Waals surface area contributed by atoms with Crippen LogP contribution in [0.2, 0.25) is 0 Å². The molecule has 0 spiro atoms. The van der Waals surface area contributed by atoms with Gasteiger partial charge in [-0.25, -0.2) is 4.57 Å². The molecule has 1 heterocycles. The van der Waals surface area contributed by atoms with Crippen molar-refractivity contribution in [2.45, 2.75) is 19.4 Å². The molecule has 1 aromatic rings. The summed E-state index contributed by atoms with van der Waals surface area (Å²) in [5, 5.41) is 9.57. The molecular weight excluding hydrogens is 138 g/mol. The van der Waals surface area contributed by atoms with E-state index in [9.17, 15) is 5.11 Å². The van der Waals surface area contributed by atoms with Crippen molar-refractivity contribution < 1.29 is 9.67 Å². The lowest BCUT2D eigenvalue weighted by Crippen LogP contribution is -2.27. The van der Waals surface area contributed by atoms with Crippen LogP contribution in [0.3, 0.4) is 0 Å². The zero-order valence-corrected chi connectivity index (χ0v) is 7.20. The fourth-order valence-electron chi connectivity index (χ4n) is 0.909. The van der Waals surface area contributed by atoms with Crippen LogP contribution in [0, 0.1) is 0 Å². The summed E-state index contributed by atoms with van der Waals surface area (Å²) < 4.78 is 1.94. The first-order valence-corrected chi connectivity index (χ1v) is 3.68. The van der Waals surface area contributed by atoms with Gasteiger partial charge in [0.2, 0.25) is 0 Å². The van der Waals surface area contributed by atoms with Gasteiger partial charge in [0.05, 0.1) is 5.60 Å². The summed E-state index contributed by atoms with van der Waals surface area (Å²) in [4.78, 5) is 0. The third-order valence-electron chi connectivity index (χ3n) is 1.68. The summed E-state index contributed by atoms with van der Waals surface area (Å²) in [6.07, 6.45) is 3.85. The fraction of sp³-hybridized carbons (Fsp3) is 0.444. The predicted octanol–water partition coefficient (Wildman–Crippen LogP) is 0.738. The van der Waals surface area contributed by atoms with Gasteiger partial charge in [0, 0.05) is 12.1 Å². The Hall–Kier alpha value is -0.890. The number of rotatable bonds is 1. The summed E-state index contributed by atoms with van der Waals surface area (Å²) >= 11 is 0. The van der Waals surface area contributed by atoms with Crippen LogP contribution in [0.5, 0.6) is 0 Å². The molecule has 0 saturated carbocycles. The van der Waals surface area contributed by atoms with Gasteiger partial charge in [-0.05, 0) is 19.4 Å². The van der Waals surface area contributed by atoms with Crippen molar-refractivity contribution in [3.63, 3.8) is 0 Å². The van der Waals surface area contributed by atoms with Crippen LogP contribution in [-0.4, -0.2) is 5.11 Å². The lowest BCUT2D eigenvalue weighted by molar-refractivity contribution is -0.671. The summed E-state index contributed by atoms with van der Waals surface area (Å²) in [6, 6.07) is 3.83. The highest BCUT2D eigenvalue weighted by atomic mass is 16.3. The van der Waals surface area contributed by atoms with Crippen LogP contribution in [0.15, 0.2) is 24.5 Å². The molecule has 1 aromatic heterocycles. The molecule has 0 atom stereocenters. The van der Waals surface area contributed by atoms with Gasteiger partial charge in [-0.2, -0.15) is 0 Å². The Morgan fingerprint density at radius 1 is 1.27 bits per heavy atom. The van der Waals surface area contributed by atoms with E-state index in [4.69, 9.17) is 0 Å². The molecule has 0 unspecified atom stereocenters. The molecule has 0 aromatic carbocycles. The molecular formula is C9H14NO+. The number of pyridine rings is 1. The lowest BCUT2D eigenvalue weighted by atomic mass is 10.0. The molecule has 0 fully saturated rings. The van der Waals surface area contributed by atoms with Gasteiger partial charge in [0.15, 0.2) is 12.4 Å². The Morgan fingerprint density at radius 3 is 2.09 bits per heavy atom. The average Bonchev–Trinajstić information content (AvgIpc) is 1.86. The zero-order valence-electron chi connectivity index (χ0n) is 7.20. The van der Waals surface area contributed by atoms with Gasteiger partial charge in [-0.15, -0.1) is 0 Å². The molecule has 1 N–H and O–H groups in total. The van der Waals surface area contributed by atoms with Crippen molar-refractivity contribution in [1.29, 1.82) is 0 Å². The third-order valence-corrected chi connectivity index (χ3v) is 1.68. The van der Waals surface area contributed by atoms with E-state index in [1.54, 1.807) is 13.8 Å². The highest BCUT2D eigenvalue weighted by molar-refractivity contribution is 5.14. The van der Waals surface area contributed by atoms with Crippen molar-refractivity contribution in [1.82, 2.24) is 0 Å². The number of hydrogen-bond acceptors (Lipinski definition) is 1. The van der Waals surface area contributed by atoms with E-state index in [1.807, 2.05) is 36.1 Å². The van der Waals surface area contributed by atoms with E-state index in [-0.39, 0.29) is 0 Å². The van der Waals surface area contributed by atoms with Gasteiger partial charge in [0.1, 0.15) is 7.05 Å². The second-order valence-corrected chi connectivity index (χ2v) is 3.31. The summed E-state index contributed by atoms with van der Waals surface area (Å²) in [5.41, 5.74) is 0.212. The molecule has 2 heteroatoms. The van der Waals surface area contributed by atoms with Crippen molar-refractivity contribution in [2.24, 2.45) is 7.05 Å². The normalized spacial score (nSPS) is 11.6. The van der Waals surface area contributed by atoms with Crippen LogP contribution in [0.25, 0.3) is 0 Å². The second kappa shape index (κ2) is 2.62. The number of hydrogen-bond donors (Lipinski definition) is 1. The molecule has 0 aliphatic rings. The standard InChI is InChI=1S/C9H14NO/c1-9(2,11)8-4-6-10(3)7-5-8/h4-7,11H,1-3H3/q+1. The molecule has 0 amide bonds. The Morgan fingerprint density at radius 2 is 1.73 bits per heavy atom. The molecule has 0 radical (unpaired) electrons. The molecule has 11 heavy (non-hydrogen) atoms. The summed E-state index contributed by atoms with van der Waals surface area (Å²) in [7, 11) is 1.95. The Kier molecular flexibility index (Phi) is 1.96. The molecule has 60 valence electrons. The number of nitrogens with zero attached hydrogens (tertiary/aromatic N) is 1. The van der Waals surface area contributed by atoms with Crippen LogP contribution in [0.4, 0.5) is 0 Å². The largest absolute Gasteiger partial charge is 0.386 e. The first-order chi connectivity index (χ1) is 5.00. The van der Waals surface area contributed by atoms with E-state index < -0.39 is 5.60 Å². The van der Waals surface area contributed by atoms with Crippen molar-refractivity contribution in [3.05, 3.63) is 30.1 Å². The fourth-order valence-corrected chi connectivity index (χ4v) is 0.909. The molecule has 2 nitrogen and oxygen atoms in total. The maximum Gasteiger partial charge on any atom is 0.168 e. The van der Waals surface area contributed by atoms with Crippen LogP contribution in [-0.2, 0) is 12.6 Å². The minimum absolute atomic E-state index is 0.728. The minimum Gasteiger partial charge on any atom is -0.386 e. The smallest absolute Gasteiger partial charge is 0.168 e. The molecule has 1 rings (SSSR count). The maximum absolute atomic E-state index is 9.57. The Balaban J connectivity index is 2.99. The second-order valence-electron chi connectivity index (χ2n) is 3.31. The molecule has 0 aliphatic heterocycles. The van der Waals surface area contributed by atoms with E-state index in [1.165, 1.54) is 0 Å². The maximum atomic E-state index is 9.57. The third kappa shape index (κ3) is 2.02. The van der Waals surface area contributed by atoms with E-state index >= 15 is 0 Å². The quantitative estimate of drug-likeness (QED) is 0.590. The predicted molar refractivity (Wildman–Crippen MR) is 42.9 cm³/mol. The van der Waals surface area contributed by atoms with Crippen molar-refractivity contribution in [3.8, 4) is 0 Å². The van der Waals surface area contributed by atoms with E-state index in [0.29, 0.717) is 0 Å². The summed E-state index contributed by atoms with van der Waals surface area (Å²) in [5.74, 6) is 0. The van der Waals surface area contributed by atoms with Gasteiger partial charge in [-0.1, -0.05) is 0 Å². The Bertz CT molecular complexity index is 233. The SMILES string of the molecule is C[n+]1ccc(C(C)(C)O)cc1. The number of aryl methyl sites for hydroxylation is 1. The van der Waals surface area contributed by atoms with Crippen molar-refractivity contribution >= 4 is 0 Å². The van der Waals surface area contributed by atoms with Gasteiger partial charge >= 0.3 is 0 Å². The molecule has 0 saturated heterocycles.